The summed E-state index contributed by atoms with van der Waals surface area (Å²) in [6.45, 7) is 0.448. The maximum Gasteiger partial charge on any atom is 0.255 e. The molecule has 4 rings (SSSR count). The van der Waals surface area contributed by atoms with Gasteiger partial charge in [-0.15, -0.1) is 0 Å². The van der Waals surface area contributed by atoms with E-state index in [0.717, 1.165) is 16.7 Å². The molecule has 0 fully saturated rings. The highest BCUT2D eigenvalue weighted by atomic mass is 16.2. The van der Waals surface area contributed by atoms with E-state index in [0.29, 0.717) is 23.4 Å². The van der Waals surface area contributed by atoms with Crippen molar-refractivity contribution < 1.29 is 9.59 Å². The van der Waals surface area contributed by atoms with E-state index in [2.05, 4.69) is 10.6 Å². The molecular formula is C27H22N2O2. The highest BCUT2D eigenvalue weighted by Gasteiger charge is 2.10. The van der Waals surface area contributed by atoms with Crippen LogP contribution in [0.2, 0.25) is 0 Å². The number of benzene rings is 4. The largest absolute Gasteiger partial charge is 0.348 e. The standard InChI is InChI=1S/C27H22N2O2/c30-26(28-19-20-8-3-1-4-9-20)24-12-7-13-25(18-24)29-27(31)23-16-14-22(15-17-23)21-10-5-2-6-11-21/h1-18H,19H2,(H,28,30)(H,29,31). The van der Waals surface area contributed by atoms with Crippen LogP contribution < -0.4 is 10.6 Å². The third-order valence-electron chi connectivity index (χ3n) is 4.93. The van der Waals surface area contributed by atoms with E-state index in [4.69, 9.17) is 0 Å². The molecule has 0 aromatic heterocycles. The Bertz CT molecular complexity index is 1170. The summed E-state index contributed by atoms with van der Waals surface area (Å²) in [5.74, 6) is -0.409. The van der Waals surface area contributed by atoms with Crippen molar-refractivity contribution in [3.8, 4) is 11.1 Å². The molecule has 0 spiro atoms. The van der Waals surface area contributed by atoms with Gasteiger partial charge in [0.05, 0.1) is 0 Å². The van der Waals surface area contributed by atoms with Crippen LogP contribution in [-0.4, -0.2) is 11.8 Å². The second-order valence-electron chi connectivity index (χ2n) is 7.15. The molecule has 2 amide bonds. The second-order valence-corrected chi connectivity index (χ2v) is 7.15. The zero-order valence-electron chi connectivity index (χ0n) is 16.9. The van der Waals surface area contributed by atoms with Crippen LogP contribution in [0.4, 0.5) is 5.69 Å². The topological polar surface area (TPSA) is 58.2 Å². The van der Waals surface area contributed by atoms with E-state index in [1.807, 2.05) is 72.8 Å². The lowest BCUT2D eigenvalue weighted by Gasteiger charge is -2.09. The van der Waals surface area contributed by atoms with Gasteiger partial charge < -0.3 is 10.6 Å². The number of anilines is 1. The van der Waals surface area contributed by atoms with E-state index in [-0.39, 0.29) is 11.8 Å². The predicted octanol–water partition coefficient (Wildman–Crippen LogP) is 5.54. The summed E-state index contributed by atoms with van der Waals surface area (Å²) in [7, 11) is 0. The summed E-state index contributed by atoms with van der Waals surface area (Å²) in [4.78, 5) is 25.1. The first-order chi connectivity index (χ1) is 15.2. The second kappa shape index (κ2) is 9.55. The zero-order chi connectivity index (χ0) is 21.5. The Kier molecular flexibility index (Phi) is 6.19. The zero-order valence-corrected chi connectivity index (χ0v) is 16.9. The van der Waals surface area contributed by atoms with Crippen LogP contribution >= 0.6 is 0 Å². The van der Waals surface area contributed by atoms with Gasteiger partial charge in [-0.05, 0) is 47.0 Å². The monoisotopic (exact) mass is 406 g/mol. The summed E-state index contributed by atoms with van der Waals surface area (Å²) < 4.78 is 0. The van der Waals surface area contributed by atoms with Crippen molar-refractivity contribution in [2.24, 2.45) is 0 Å². The lowest BCUT2D eigenvalue weighted by Crippen LogP contribution is -2.23. The molecule has 0 unspecified atom stereocenters. The third-order valence-corrected chi connectivity index (χ3v) is 4.93. The number of hydrogen-bond donors (Lipinski definition) is 2. The first kappa shape index (κ1) is 20.1. The van der Waals surface area contributed by atoms with Crippen LogP contribution in [0, 0.1) is 0 Å². The van der Waals surface area contributed by atoms with E-state index < -0.39 is 0 Å². The highest BCUT2D eigenvalue weighted by Crippen LogP contribution is 2.20. The predicted molar refractivity (Wildman–Crippen MR) is 124 cm³/mol. The molecular weight excluding hydrogens is 384 g/mol. The fourth-order valence-electron chi connectivity index (χ4n) is 3.27. The summed E-state index contributed by atoms with van der Waals surface area (Å²) in [6, 6.07) is 34.1. The fourth-order valence-corrected chi connectivity index (χ4v) is 3.27. The van der Waals surface area contributed by atoms with E-state index in [1.165, 1.54) is 0 Å². The average Bonchev–Trinajstić information content (AvgIpc) is 2.84. The maximum absolute atomic E-state index is 12.6. The molecule has 4 nitrogen and oxygen atoms in total. The molecule has 152 valence electrons. The SMILES string of the molecule is O=C(NCc1ccccc1)c1cccc(NC(=O)c2ccc(-c3ccccc3)cc2)c1. The van der Waals surface area contributed by atoms with Gasteiger partial charge >= 0.3 is 0 Å². The number of nitrogens with one attached hydrogen (secondary N) is 2. The van der Waals surface area contributed by atoms with Crippen molar-refractivity contribution in [1.82, 2.24) is 5.32 Å². The molecule has 0 aliphatic rings. The smallest absolute Gasteiger partial charge is 0.255 e. The highest BCUT2D eigenvalue weighted by molar-refractivity contribution is 6.05. The first-order valence-electron chi connectivity index (χ1n) is 10.1. The van der Waals surface area contributed by atoms with Crippen LogP contribution in [0.3, 0.4) is 0 Å². The van der Waals surface area contributed by atoms with Gasteiger partial charge in [0.15, 0.2) is 0 Å². The minimum atomic E-state index is -0.221. The van der Waals surface area contributed by atoms with Gasteiger partial charge in [0.1, 0.15) is 0 Å². The van der Waals surface area contributed by atoms with Crippen LogP contribution in [0.25, 0.3) is 11.1 Å². The van der Waals surface area contributed by atoms with Crippen LogP contribution in [-0.2, 0) is 6.54 Å². The van der Waals surface area contributed by atoms with Crippen LogP contribution in [0.1, 0.15) is 26.3 Å². The number of amides is 2. The molecule has 4 aromatic carbocycles. The number of hydrogen-bond acceptors (Lipinski definition) is 2. The third kappa shape index (κ3) is 5.25. The van der Waals surface area contributed by atoms with Gasteiger partial charge in [-0.2, -0.15) is 0 Å². The van der Waals surface area contributed by atoms with Crippen molar-refractivity contribution in [2.75, 3.05) is 5.32 Å². The molecule has 0 radical (unpaired) electrons. The molecule has 0 heterocycles. The van der Waals surface area contributed by atoms with E-state index in [9.17, 15) is 9.59 Å². The maximum atomic E-state index is 12.6. The van der Waals surface area contributed by atoms with Gasteiger partial charge in [-0.3, -0.25) is 9.59 Å². The van der Waals surface area contributed by atoms with Gasteiger partial charge in [0.25, 0.3) is 11.8 Å². The molecule has 0 aliphatic heterocycles. The van der Waals surface area contributed by atoms with E-state index in [1.54, 1.807) is 36.4 Å². The Balaban J connectivity index is 1.40. The number of carbonyl (C=O) groups excluding carboxylic acids is 2. The minimum Gasteiger partial charge on any atom is -0.348 e. The van der Waals surface area contributed by atoms with Gasteiger partial charge in [0, 0.05) is 23.4 Å². The Hall–Kier alpha value is -4.18. The van der Waals surface area contributed by atoms with Crippen molar-refractivity contribution in [2.45, 2.75) is 6.54 Å². The van der Waals surface area contributed by atoms with Crippen molar-refractivity contribution in [3.05, 3.63) is 126 Å². The van der Waals surface area contributed by atoms with Crippen molar-refractivity contribution >= 4 is 17.5 Å². The molecule has 0 atom stereocenters. The molecule has 0 bridgehead atoms. The Morgan fingerprint density at radius 1 is 0.581 bits per heavy atom. The minimum absolute atomic E-state index is 0.188. The molecule has 0 saturated heterocycles. The quantitative estimate of drug-likeness (QED) is 0.442. The summed E-state index contributed by atoms with van der Waals surface area (Å²) >= 11 is 0. The Labute approximate surface area is 181 Å². The molecule has 0 aliphatic carbocycles. The number of carbonyl (C=O) groups is 2. The average molecular weight is 406 g/mol. The van der Waals surface area contributed by atoms with Crippen molar-refractivity contribution in [3.63, 3.8) is 0 Å². The molecule has 4 heteroatoms. The molecule has 4 aromatic rings. The summed E-state index contributed by atoms with van der Waals surface area (Å²) in [5.41, 5.74) is 4.80. The first-order valence-corrected chi connectivity index (χ1v) is 10.1. The van der Waals surface area contributed by atoms with Crippen LogP contribution in [0.5, 0.6) is 0 Å². The van der Waals surface area contributed by atoms with E-state index >= 15 is 0 Å². The van der Waals surface area contributed by atoms with Crippen molar-refractivity contribution in [1.29, 1.82) is 0 Å². The van der Waals surface area contributed by atoms with Gasteiger partial charge in [0.2, 0.25) is 0 Å². The fraction of sp³-hybridized carbons (Fsp3) is 0.0370. The summed E-state index contributed by atoms with van der Waals surface area (Å²) in [6.07, 6.45) is 0. The normalized spacial score (nSPS) is 10.3. The van der Waals surface area contributed by atoms with Gasteiger partial charge in [-0.1, -0.05) is 78.9 Å². The Morgan fingerprint density at radius 3 is 1.94 bits per heavy atom. The Morgan fingerprint density at radius 2 is 1.23 bits per heavy atom. The van der Waals surface area contributed by atoms with Gasteiger partial charge in [-0.25, -0.2) is 0 Å². The lowest BCUT2D eigenvalue weighted by molar-refractivity contribution is 0.0949. The molecule has 31 heavy (non-hydrogen) atoms. The lowest BCUT2D eigenvalue weighted by atomic mass is 10.0. The van der Waals surface area contributed by atoms with Crippen LogP contribution in [0.15, 0.2) is 109 Å². The molecule has 2 N–H and O–H groups in total. The number of rotatable bonds is 6. The summed E-state index contributed by atoms with van der Waals surface area (Å²) in [5, 5.41) is 5.77. The molecule has 0 saturated carbocycles.